The third kappa shape index (κ3) is 0.881. The van der Waals surface area contributed by atoms with Gasteiger partial charge in [-0.2, -0.15) is 0 Å². The molecule has 2 nitrogen and oxygen atoms in total. The van der Waals surface area contributed by atoms with Crippen molar-refractivity contribution in [1.29, 1.82) is 0 Å². The van der Waals surface area contributed by atoms with Gasteiger partial charge >= 0.3 is 0 Å². The number of aromatic nitrogens is 1. The third-order valence-corrected chi connectivity index (χ3v) is 2.95. The van der Waals surface area contributed by atoms with E-state index in [2.05, 4.69) is 15.8 Å². The van der Waals surface area contributed by atoms with Crippen molar-refractivity contribution in [2.24, 2.45) is 0 Å². The summed E-state index contributed by atoms with van der Waals surface area (Å²) in [5, 5.41) is 0. The normalized spacial score (nSPS) is 14.7. The van der Waals surface area contributed by atoms with Crippen molar-refractivity contribution >= 4 is 27.6 Å². The molecule has 0 radical (unpaired) electrons. The average molecular weight is 156 g/mol. The van der Waals surface area contributed by atoms with Gasteiger partial charge in [0, 0.05) is 17.2 Å². The van der Waals surface area contributed by atoms with E-state index >= 15 is 0 Å². The van der Waals surface area contributed by atoms with Crippen LogP contribution < -0.4 is 4.72 Å². The van der Waals surface area contributed by atoms with Crippen molar-refractivity contribution in [3.05, 3.63) is 18.3 Å². The lowest BCUT2D eigenvalue weighted by atomic mass is 10.5. The number of hydrogen-bond donors (Lipinski definition) is 1. The Morgan fingerprint density at radius 1 is 1.56 bits per heavy atom. The minimum Gasteiger partial charge on any atom is -0.304 e. The van der Waals surface area contributed by atoms with Crippen molar-refractivity contribution in [2.45, 2.75) is 4.90 Å². The molecule has 1 N–H and O–H groups in total. The SMILES string of the molecule is c1cnc2c(c1)SSN2. The number of rotatable bonds is 0. The lowest BCUT2D eigenvalue weighted by Crippen LogP contribution is -1.81. The van der Waals surface area contributed by atoms with Crippen LogP contribution in [-0.4, -0.2) is 4.98 Å². The van der Waals surface area contributed by atoms with Gasteiger partial charge in [-0.25, -0.2) is 4.98 Å². The predicted octanol–water partition coefficient (Wildman–Crippen LogP) is 2.16. The fourth-order valence-corrected chi connectivity index (χ4v) is 2.43. The summed E-state index contributed by atoms with van der Waals surface area (Å²) in [5.41, 5.74) is 0. The highest BCUT2D eigenvalue weighted by Gasteiger charge is 2.10. The number of pyridine rings is 1. The molecule has 0 unspecified atom stereocenters. The Bertz CT molecular complexity index is 203. The molecule has 0 bridgehead atoms. The number of fused-ring (bicyclic) bond motifs is 1. The van der Waals surface area contributed by atoms with Crippen LogP contribution in [0.3, 0.4) is 0 Å². The molecule has 0 saturated heterocycles. The summed E-state index contributed by atoms with van der Waals surface area (Å²) in [4.78, 5) is 5.33. The van der Waals surface area contributed by atoms with Crippen molar-refractivity contribution in [2.75, 3.05) is 4.72 Å². The van der Waals surface area contributed by atoms with Crippen LogP contribution in [-0.2, 0) is 0 Å². The molecule has 4 heteroatoms. The van der Waals surface area contributed by atoms with Crippen molar-refractivity contribution in [3.63, 3.8) is 0 Å². The molecule has 1 aromatic rings. The van der Waals surface area contributed by atoms with Crippen LogP contribution in [0.1, 0.15) is 0 Å². The molecule has 1 aliphatic heterocycles. The van der Waals surface area contributed by atoms with E-state index in [9.17, 15) is 0 Å². The molecule has 0 saturated carbocycles. The molecule has 9 heavy (non-hydrogen) atoms. The van der Waals surface area contributed by atoms with Crippen LogP contribution >= 0.6 is 21.8 Å². The smallest absolute Gasteiger partial charge is 0.151 e. The molecular weight excluding hydrogens is 152 g/mol. The van der Waals surface area contributed by atoms with Crippen LogP contribution in [0, 0.1) is 0 Å². The highest BCUT2D eigenvalue weighted by atomic mass is 33.1. The first-order valence-corrected chi connectivity index (χ1v) is 4.66. The Morgan fingerprint density at radius 2 is 2.56 bits per heavy atom. The minimum atomic E-state index is 0.993. The van der Waals surface area contributed by atoms with E-state index in [-0.39, 0.29) is 0 Å². The van der Waals surface area contributed by atoms with Crippen LogP contribution in [0.25, 0.3) is 0 Å². The topological polar surface area (TPSA) is 24.9 Å². The van der Waals surface area contributed by atoms with Gasteiger partial charge in [-0.3, -0.25) is 0 Å². The fourth-order valence-electron chi connectivity index (χ4n) is 0.640. The van der Waals surface area contributed by atoms with Gasteiger partial charge in [0.05, 0.1) is 4.90 Å². The van der Waals surface area contributed by atoms with Gasteiger partial charge in [0.25, 0.3) is 0 Å². The molecule has 0 spiro atoms. The average Bonchev–Trinajstić information content (AvgIpc) is 2.33. The summed E-state index contributed by atoms with van der Waals surface area (Å²) >= 11 is 0. The molecular formula is C5H4N2S2. The molecule has 46 valence electrons. The van der Waals surface area contributed by atoms with Crippen molar-refractivity contribution in [1.82, 2.24) is 4.98 Å². The predicted molar refractivity (Wildman–Crippen MR) is 41.3 cm³/mol. The van der Waals surface area contributed by atoms with Gasteiger partial charge in [0.1, 0.15) is 0 Å². The first-order valence-electron chi connectivity index (χ1n) is 2.51. The first-order chi connectivity index (χ1) is 4.47. The monoisotopic (exact) mass is 156 g/mol. The Labute approximate surface area is 61.0 Å². The zero-order valence-electron chi connectivity index (χ0n) is 4.50. The number of hydrogen-bond acceptors (Lipinski definition) is 4. The maximum absolute atomic E-state index is 4.11. The highest BCUT2D eigenvalue weighted by Crippen LogP contribution is 2.42. The van der Waals surface area contributed by atoms with E-state index in [1.54, 1.807) is 28.0 Å². The second kappa shape index (κ2) is 2.11. The molecule has 0 fully saturated rings. The maximum atomic E-state index is 4.11. The molecule has 0 amide bonds. The quantitative estimate of drug-likeness (QED) is 0.459. The summed E-state index contributed by atoms with van der Waals surface area (Å²) in [6.45, 7) is 0. The van der Waals surface area contributed by atoms with E-state index in [0.29, 0.717) is 0 Å². The number of anilines is 1. The van der Waals surface area contributed by atoms with Crippen molar-refractivity contribution < 1.29 is 0 Å². The lowest BCUT2D eigenvalue weighted by Gasteiger charge is -1.90. The molecule has 1 aromatic heterocycles. The van der Waals surface area contributed by atoms with E-state index in [1.165, 1.54) is 4.90 Å². The summed E-state index contributed by atoms with van der Waals surface area (Å²) in [6, 6.07) is 4.00. The fraction of sp³-hybridized carbons (Fsp3) is 0. The molecule has 1 aliphatic rings. The molecule has 2 heterocycles. The summed E-state index contributed by atoms with van der Waals surface area (Å²) in [7, 11) is 3.32. The van der Waals surface area contributed by atoms with Gasteiger partial charge in [-0.15, -0.1) is 0 Å². The second-order valence-electron chi connectivity index (χ2n) is 1.62. The Balaban J connectivity index is 2.54. The minimum absolute atomic E-state index is 0.993. The Morgan fingerprint density at radius 3 is 3.44 bits per heavy atom. The molecule has 0 aliphatic carbocycles. The molecule has 2 rings (SSSR count). The molecule has 0 atom stereocenters. The second-order valence-corrected chi connectivity index (χ2v) is 3.60. The van der Waals surface area contributed by atoms with Crippen LogP contribution in [0.2, 0.25) is 0 Å². The van der Waals surface area contributed by atoms with Crippen LogP contribution in [0.15, 0.2) is 23.2 Å². The van der Waals surface area contributed by atoms with Gasteiger partial charge in [-0.05, 0) is 22.9 Å². The van der Waals surface area contributed by atoms with E-state index in [1.807, 2.05) is 6.07 Å². The van der Waals surface area contributed by atoms with E-state index in [0.717, 1.165) is 5.82 Å². The summed E-state index contributed by atoms with van der Waals surface area (Å²) < 4.78 is 3.07. The Hall–Kier alpha value is -0.350. The van der Waals surface area contributed by atoms with Crippen LogP contribution in [0.4, 0.5) is 5.82 Å². The summed E-state index contributed by atoms with van der Waals surface area (Å²) in [5.74, 6) is 0.993. The van der Waals surface area contributed by atoms with Crippen molar-refractivity contribution in [3.8, 4) is 0 Å². The zero-order chi connectivity index (χ0) is 6.10. The number of nitrogens with zero attached hydrogens (tertiary/aromatic N) is 1. The molecule has 0 aromatic carbocycles. The Kier molecular flexibility index (Phi) is 1.28. The van der Waals surface area contributed by atoms with E-state index < -0.39 is 0 Å². The number of nitrogens with one attached hydrogen (secondary N) is 1. The first kappa shape index (κ1) is 5.44. The van der Waals surface area contributed by atoms with Gasteiger partial charge in [0.2, 0.25) is 0 Å². The lowest BCUT2D eigenvalue weighted by molar-refractivity contribution is 1.26. The highest BCUT2D eigenvalue weighted by molar-refractivity contribution is 8.77. The van der Waals surface area contributed by atoms with Gasteiger partial charge in [-0.1, -0.05) is 0 Å². The summed E-state index contributed by atoms with van der Waals surface area (Å²) in [6.07, 6.45) is 1.79. The standard InChI is InChI=1S/C5H4N2S2/c1-2-4-5(6-3-1)7-9-8-4/h1-3H,(H,6,7). The third-order valence-electron chi connectivity index (χ3n) is 1.04. The van der Waals surface area contributed by atoms with Crippen LogP contribution in [0.5, 0.6) is 0 Å². The van der Waals surface area contributed by atoms with Gasteiger partial charge in [0.15, 0.2) is 5.82 Å². The van der Waals surface area contributed by atoms with Gasteiger partial charge < -0.3 is 4.72 Å². The largest absolute Gasteiger partial charge is 0.304 e. The maximum Gasteiger partial charge on any atom is 0.151 e. The zero-order valence-corrected chi connectivity index (χ0v) is 6.13. The van der Waals surface area contributed by atoms with E-state index in [4.69, 9.17) is 0 Å².